The van der Waals surface area contributed by atoms with Crippen LogP contribution in [0.15, 0.2) is 12.1 Å². The average molecular weight is 218 g/mol. The normalized spacial score (nSPS) is 13.0. The van der Waals surface area contributed by atoms with Gasteiger partial charge < -0.3 is 5.73 Å². The highest BCUT2D eigenvalue weighted by Gasteiger charge is 2.11. The van der Waals surface area contributed by atoms with Crippen molar-refractivity contribution in [1.82, 2.24) is 0 Å². The van der Waals surface area contributed by atoms with Crippen LogP contribution < -0.4 is 5.73 Å². The summed E-state index contributed by atoms with van der Waals surface area (Å²) in [6, 6.07) is 3.74. The van der Waals surface area contributed by atoms with E-state index in [4.69, 9.17) is 28.9 Å². The van der Waals surface area contributed by atoms with Crippen LogP contribution in [0.3, 0.4) is 0 Å². The Balaban J connectivity index is 3.30. The molecule has 0 saturated heterocycles. The maximum Gasteiger partial charge on any atom is 0.0627 e. The molecule has 1 aromatic rings. The van der Waals surface area contributed by atoms with Crippen molar-refractivity contribution in [2.75, 3.05) is 0 Å². The van der Waals surface area contributed by atoms with Crippen LogP contribution in [-0.4, -0.2) is 0 Å². The van der Waals surface area contributed by atoms with E-state index in [1.807, 2.05) is 19.9 Å². The predicted octanol–water partition coefficient (Wildman–Crippen LogP) is 3.58. The molecule has 0 aromatic heterocycles. The second-order valence-electron chi connectivity index (χ2n) is 3.07. The SMILES string of the molecule is CCc1c([C@H](C)N)ccc(Cl)c1Cl. The first-order valence-electron chi connectivity index (χ1n) is 4.30. The lowest BCUT2D eigenvalue weighted by molar-refractivity contribution is 0.801. The Labute approximate surface area is 88.8 Å². The van der Waals surface area contributed by atoms with Gasteiger partial charge in [0.15, 0.2) is 0 Å². The molecule has 0 radical (unpaired) electrons. The standard InChI is InChI=1S/C10H13Cl2N/c1-3-7-8(6(2)13)4-5-9(11)10(7)12/h4-6H,3,13H2,1-2H3/t6-/m0/s1. The molecule has 2 N–H and O–H groups in total. The lowest BCUT2D eigenvalue weighted by Crippen LogP contribution is -2.08. The second-order valence-corrected chi connectivity index (χ2v) is 3.86. The third-order valence-electron chi connectivity index (χ3n) is 2.08. The molecule has 0 saturated carbocycles. The van der Waals surface area contributed by atoms with Crippen LogP contribution in [0.5, 0.6) is 0 Å². The highest BCUT2D eigenvalue weighted by atomic mass is 35.5. The molecule has 0 aliphatic rings. The fraction of sp³-hybridized carbons (Fsp3) is 0.400. The molecule has 3 heteroatoms. The van der Waals surface area contributed by atoms with Gasteiger partial charge in [0.25, 0.3) is 0 Å². The maximum atomic E-state index is 6.06. The smallest absolute Gasteiger partial charge is 0.0627 e. The van der Waals surface area contributed by atoms with Crippen LogP contribution >= 0.6 is 23.2 Å². The van der Waals surface area contributed by atoms with Gasteiger partial charge in [-0.25, -0.2) is 0 Å². The number of nitrogens with two attached hydrogens (primary N) is 1. The minimum absolute atomic E-state index is 0.00437. The predicted molar refractivity (Wildman–Crippen MR) is 58.4 cm³/mol. The van der Waals surface area contributed by atoms with E-state index in [1.54, 1.807) is 6.07 Å². The van der Waals surface area contributed by atoms with Crippen LogP contribution in [0.2, 0.25) is 10.0 Å². The maximum absolute atomic E-state index is 6.06. The van der Waals surface area contributed by atoms with E-state index >= 15 is 0 Å². The van der Waals surface area contributed by atoms with Gasteiger partial charge in [-0.05, 0) is 30.5 Å². The van der Waals surface area contributed by atoms with Gasteiger partial charge in [0.2, 0.25) is 0 Å². The summed E-state index contributed by atoms with van der Waals surface area (Å²) < 4.78 is 0. The molecule has 1 rings (SSSR count). The van der Waals surface area contributed by atoms with E-state index in [0.29, 0.717) is 10.0 Å². The van der Waals surface area contributed by atoms with Crippen molar-refractivity contribution in [3.05, 3.63) is 33.3 Å². The van der Waals surface area contributed by atoms with Gasteiger partial charge in [0.05, 0.1) is 10.0 Å². The summed E-state index contributed by atoms with van der Waals surface area (Å²) in [4.78, 5) is 0. The van der Waals surface area contributed by atoms with Crippen LogP contribution in [0.1, 0.15) is 31.0 Å². The summed E-state index contributed by atoms with van der Waals surface area (Å²) in [6.07, 6.45) is 0.857. The van der Waals surface area contributed by atoms with E-state index in [1.165, 1.54) is 0 Å². The number of hydrogen-bond acceptors (Lipinski definition) is 1. The summed E-state index contributed by atoms with van der Waals surface area (Å²) in [5.41, 5.74) is 7.95. The molecule has 1 atom stereocenters. The largest absolute Gasteiger partial charge is 0.324 e. The topological polar surface area (TPSA) is 26.0 Å². The van der Waals surface area contributed by atoms with Crippen molar-refractivity contribution in [3.8, 4) is 0 Å². The Kier molecular flexibility index (Phi) is 3.60. The molecule has 13 heavy (non-hydrogen) atoms. The zero-order valence-electron chi connectivity index (χ0n) is 7.77. The van der Waals surface area contributed by atoms with Crippen LogP contribution in [0.4, 0.5) is 0 Å². The molecule has 0 aliphatic heterocycles. The van der Waals surface area contributed by atoms with Crippen LogP contribution in [0.25, 0.3) is 0 Å². The Hall–Kier alpha value is -0.240. The first kappa shape index (κ1) is 10.8. The van der Waals surface area contributed by atoms with E-state index in [9.17, 15) is 0 Å². The molecule has 0 heterocycles. The number of rotatable bonds is 2. The minimum Gasteiger partial charge on any atom is -0.324 e. The molecule has 0 spiro atoms. The summed E-state index contributed by atoms with van der Waals surface area (Å²) in [5.74, 6) is 0. The summed E-state index contributed by atoms with van der Waals surface area (Å²) >= 11 is 12.0. The molecule has 1 nitrogen and oxygen atoms in total. The van der Waals surface area contributed by atoms with Crippen LogP contribution in [-0.2, 0) is 6.42 Å². The van der Waals surface area contributed by atoms with Crippen LogP contribution in [0, 0.1) is 0 Å². The highest BCUT2D eigenvalue weighted by Crippen LogP contribution is 2.31. The van der Waals surface area contributed by atoms with Gasteiger partial charge in [0, 0.05) is 6.04 Å². The second kappa shape index (κ2) is 4.32. The molecule has 0 unspecified atom stereocenters. The Bertz CT molecular complexity index is 308. The molecular weight excluding hydrogens is 205 g/mol. The third-order valence-corrected chi connectivity index (χ3v) is 2.92. The molecule has 0 aliphatic carbocycles. The average Bonchev–Trinajstić information content (AvgIpc) is 2.09. The zero-order chi connectivity index (χ0) is 10.0. The van der Waals surface area contributed by atoms with Crippen molar-refractivity contribution >= 4 is 23.2 Å². The van der Waals surface area contributed by atoms with Gasteiger partial charge in [-0.1, -0.05) is 36.2 Å². The molecule has 1 aromatic carbocycles. The summed E-state index contributed by atoms with van der Waals surface area (Å²) in [6.45, 7) is 3.99. The lowest BCUT2D eigenvalue weighted by Gasteiger charge is -2.13. The monoisotopic (exact) mass is 217 g/mol. The van der Waals surface area contributed by atoms with E-state index in [0.717, 1.165) is 17.5 Å². The van der Waals surface area contributed by atoms with Crippen molar-refractivity contribution in [1.29, 1.82) is 0 Å². The fourth-order valence-electron chi connectivity index (χ4n) is 1.39. The molecule has 0 fully saturated rings. The quantitative estimate of drug-likeness (QED) is 0.806. The molecular formula is C10H13Cl2N. The van der Waals surface area contributed by atoms with Gasteiger partial charge in [0.1, 0.15) is 0 Å². The van der Waals surface area contributed by atoms with E-state index in [2.05, 4.69) is 0 Å². The summed E-state index contributed by atoms with van der Waals surface area (Å²) in [7, 11) is 0. The third kappa shape index (κ3) is 2.16. The lowest BCUT2D eigenvalue weighted by atomic mass is 10.0. The summed E-state index contributed by atoms with van der Waals surface area (Å²) in [5, 5.41) is 1.24. The van der Waals surface area contributed by atoms with Crippen molar-refractivity contribution < 1.29 is 0 Å². The van der Waals surface area contributed by atoms with E-state index in [-0.39, 0.29) is 6.04 Å². The number of benzene rings is 1. The fourth-order valence-corrected chi connectivity index (χ4v) is 1.88. The minimum atomic E-state index is 0.00437. The van der Waals surface area contributed by atoms with Gasteiger partial charge in [-0.15, -0.1) is 0 Å². The Morgan fingerprint density at radius 3 is 2.46 bits per heavy atom. The zero-order valence-corrected chi connectivity index (χ0v) is 9.28. The van der Waals surface area contributed by atoms with Gasteiger partial charge in [-0.3, -0.25) is 0 Å². The van der Waals surface area contributed by atoms with Crippen molar-refractivity contribution in [2.45, 2.75) is 26.3 Å². The molecule has 72 valence electrons. The first-order chi connectivity index (χ1) is 6.07. The molecule has 0 amide bonds. The van der Waals surface area contributed by atoms with Gasteiger partial charge >= 0.3 is 0 Å². The molecule has 0 bridgehead atoms. The Morgan fingerprint density at radius 2 is 2.00 bits per heavy atom. The van der Waals surface area contributed by atoms with Crippen molar-refractivity contribution in [3.63, 3.8) is 0 Å². The number of halogens is 2. The highest BCUT2D eigenvalue weighted by molar-refractivity contribution is 6.42. The first-order valence-corrected chi connectivity index (χ1v) is 5.05. The van der Waals surface area contributed by atoms with Gasteiger partial charge in [-0.2, -0.15) is 0 Å². The van der Waals surface area contributed by atoms with Crippen molar-refractivity contribution in [2.24, 2.45) is 5.73 Å². The number of hydrogen-bond donors (Lipinski definition) is 1. The van der Waals surface area contributed by atoms with E-state index < -0.39 is 0 Å². The Morgan fingerprint density at radius 1 is 1.38 bits per heavy atom.